The summed E-state index contributed by atoms with van der Waals surface area (Å²) in [5, 5.41) is 0. The molecule has 1 heteroatoms. The molecule has 0 aromatic carbocycles. The van der Waals surface area contributed by atoms with E-state index in [0.717, 1.165) is 0 Å². The minimum atomic E-state index is 0.0636. The predicted molar refractivity (Wildman–Crippen MR) is 108 cm³/mol. The van der Waals surface area contributed by atoms with Crippen molar-refractivity contribution in [3.63, 3.8) is 0 Å². The Balaban J connectivity index is 3.57. The van der Waals surface area contributed by atoms with Crippen molar-refractivity contribution in [2.24, 2.45) is 0 Å². The topological polar surface area (TPSA) is 17.1 Å². The SMILES string of the molecule is CCCCCCCCCC=CC=CC=CC=CC=CC=CC(C)=O. The maximum Gasteiger partial charge on any atom is 0.152 e. The zero-order valence-electron chi connectivity index (χ0n) is 15.5. The van der Waals surface area contributed by atoms with Gasteiger partial charge in [0.15, 0.2) is 5.78 Å². The van der Waals surface area contributed by atoms with Crippen molar-refractivity contribution in [1.82, 2.24) is 0 Å². The van der Waals surface area contributed by atoms with Crippen LogP contribution in [0.5, 0.6) is 0 Å². The summed E-state index contributed by atoms with van der Waals surface area (Å²) in [5.41, 5.74) is 0. The Morgan fingerprint density at radius 2 is 1.08 bits per heavy atom. The molecule has 0 rings (SSSR count). The number of ketones is 1. The summed E-state index contributed by atoms with van der Waals surface area (Å²) in [7, 11) is 0. The van der Waals surface area contributed by atoms with Crippen molar-refractivity contribution < 1.29 is 4.79 Å². The highest BCUT2D eigenvalue weighted by molar-refractivity contribution is 5.87. The van der Waals surface area contributed by atoms with Gasteiger partial charge < -0.3 is 0 Å². The summed E-state index contributed by atoms with van der Waals surface area (Å²) < 4.78 is 0. The van der Waals surface area contributed by atoms with E-state index in [2.05, 4.69) is 25.2 Å². The quantitative estimate of drug-likeness (QED) is 0.190. The molecule has 0 aliphatic heterocycles. The van der Waals surface area contributed by atoms with E-state index < -0.39 is 0 Å². The van der Waals surface area contributed by atoms with E-state index in [1.54, 1.807) is 19.1 Å². The fourth-order valence-corrected chi connectivity index (χ4v) is 2.10. The minimum absolute atomic E-state index is 0.0636. The number of allylic oxidation sites excluding steroid dienone is 12. The van der Waals surface area contributed by atoms with Gasteiger partial charge in [0.1, 0.15) is 0 Å². The molecular weight excluding hydrogens is 292 g/mol. The van der Waals surface area contributed by atoms with Crippen LogP contribution in [0.1, 0.15) is 65.2 Å². The lowest BCUT2D eigenvalue weighted by molar-refractivity contribution is -0.112. The summed E-state index contributed by atoms with van der Waals surface area (Å²) in [5.74, 6) is 0.0636. The first-order valence-electron chi connectivity index (χ1n) is 9.27. The average Bonchev–Trinajstić information content (AvgIpc) is 2.56. The van der Waals surface area contributed by atoms with Crippen LogP contribution in [0.4, 0.5) is 0 Å². The smallest absolute Gasteiger partial charge is 0.152 e. The molecule has 0 N–H and O–H groups in total. The molecule has 1 nitrogen and oxygen atoms in total. The van der Waals surface area contributed by atoms with Crippen LogP contribution in [0.2, 0.25) is 0 Å². The molecule has 132 valence electrons. The molecule has 0 heterocycles. The van der Waals surface area contributed by atoms with Crippen molar-refractivity contribution >= 4 is 5.78 Å². The molecule has 0 aliphatic carbocycles. The fourth-order valence-electron chi connectivity index (χ4n) is 2.10. The van der Waals surface area contributed by atoms with Crippen molar-refractivity contribution in [2.45, 2.75) is 65.2 Å². The van der Waals surface area contributed by atoms with Crippen LogP contribution in [0.15, 0.2) is 72.9 Å². The Labute approximate surface area is 149 Å². The monoisotopic (exact) mass is 326 g/mol. The predicted octanol–water partition coefficient (Wildman–Crippen LogP) is 7.05. The molecule has 0 amide bonds. The van der Waals surface area contributed by atoms with E-state index in [1.165, 1.54) is 51.4 Å². The first kappa shape index (κ1) is 22.1. The van der Waals surface area contributed by atoms with Gasteiger partial charge in [0.25, 0.3) is 0 Å². The van der Waals surface area contributed by atoms with E-state index >= 15 is 0 Å². The largest absolute Gasteiger partial charge is 0.295 e. The van der Waals surface area contributed by atoms with E-state index in [4.69, 9.17) is 0 Å². The summed E-state index contributed by atoms with van der Waals surface area (Å²) in [4.78, 5) is 10.7. The molecule has 0 saturated heterocycles. The van der Waals surface area contributed by atoms with Gasteiger partial charge in [-0.25, -0.2) is 0 Å². The number of hydrogen-bond donors (Lipinski definition) is 0. The molecule has 0 radical (unpaired) electrons. The molecule has 0 bridgehead atoms. The van der Waals surface area contributed by atoms with E-state index in [-0.39, 0.29) is 5.78 Å². The Kier molecular flexibility index (Phi) is 17.6. The third kappa shape index (κ3) is 20.1. The number of carbonyl (C=O) groups is 1. The lowest BCUT2D eigenvalue weighted by Crippen LogP contribution is -1.78. The number of rotatable bonds is 14. The van der Waals surface area contributed by atoms with Crippen LogP contribution in [-0.2, 0) is 4.79 Å². The summed E-state index contributed by atoms with van der Waals surface area (Å²) in [6, 6.07) is 0. The lowest BCUT2D eigenvalue weighted by Gasteiger charge is -1.98. The van der Waals surface area contributed by atoms with Crippen LogP contribution in [-0.4, -0.2) is 5.78 Å². The van der Waals surface area contributed by atoms with Gasteiger partial charge in [-0.1, -0.05) is 112 Å². The molecular formula is C23H34O. The first-order valence-corrected chi connectivity index (χ1v) is 9.27. The van der Waals surface area contributed by atoms with E-state index in [9.17, 15) is 4.79 Å². The van der Waals surface area contributed by atoms with Crippen molar-refractivity contribution in [3.05, 3.63) is 72.9 Å². The summed E-state index contributed by atoms with van der Waals surface area (Å²) in [6.45, 7) is 3.80. The first-order chi connectivity index (χ1) is 11.8. The fraction of sp³-hybridized carbons (Fsp3) is 0.435. The molecule has 0 fully saturated rings. The normalized spacial score (nSPS) is 13.1. The number of unbranched alkanes of at least 4 members (excludes halogenated alkanes) is 7. The van der Waals surface area contributed by atoms with Crippen LogP contribution in [0, 0.1) is 0 Å². The Morgan fingerprint density at radius 1 is 0.625 bits per heavy atom. The van der Waals surface area contributed by atoms with E-state index in [1.807, 2.05) is 42.5 Å². The Hall–Kier alpha value is -1.89. The second-order valence-electron chi connectivity index (χ2n) is 5.85. The molecule has 0 atom stereocenters. The third-order valence-corrected chi connectivity index (χ3v) is 3.44. The molecule has 0 aliphatic rings. The second-order valence-corrected chi connectivity index (χ2v) is 5.85. The number of carbonyl (C=O) groups excluding carboxylic acids is 1. The molecule has 0 aromatic heterocycles. The minimum Gasteiger partial charge on any atom is -0.295 e. The van der Waals surface area contributed by atoms with Gasteiger partial charge >= 0.3 is 0 Å². The highest BCUT2D eigenvalue weighted by Crippen LogP contribution is 2.08. The average molecular weight is 327 g/mol. The maximum atomic E-state index is 10.7. The standard InChI is InChI=1S/C23H34O/c1-3-4-5-6-7-8-9-10-11-12-13-14-15-16-17-18-19-20-21-22-23(2)24/h11-22H,3-10H2,1-2H3. The number of hydrogen-bond acceptors (Lipinski definition) is 1. The van der Waals surface area contributed by atoms with Gasteiger partial charge in [-0.3, -0.25) is 4.79 Å². The molecule has 0 unspecified atom stereocenters. The van der Waals surface area contributed by atoms with Gasteiger partial charge in [0.05, 0.1) is 0 Å². The highest BCUT2D eigenvalue weighted by Gasteiger charge is 1.88. The Morgan fingerprint density at radius 3 is 1.62 bits per heavy atom. The summed E-state index contributed by atoms with van der Waals surface area (Å²) >= 11 is 0. The van der Waals surface area contributed by atoms with Gasteiger partial charge in [-0.05, 0) is 25.8 Å². The molecule has 0 spiro atoms. The second kappa shape index (κ2) is 19.2. The van der Waals surface area contributed by atoms with Gasteiger partial charge in [-0.2, -0.15) is 0 Å². The lowest BCUT2D eigenvalue weighted by atomic mass is 10.1. The van der Waals surface area contributed by atoms with Gasteiger partial charge in [-0.15, -0.1) is 0 Å². The molecule has 0 saturated carbocycles. The van der Waals surface area contributed by atoms with Crippen molar-refractivity contribution in [3.8, 4) is 0 Å². The van der Waals surface area contributed by atoms with Crippen LogP contribution < -0.4 is 0 Å². The van der Waals surface area contributed by atoms with Gasteiger partial charge in [0, 0.05) is 0 Å². The van der Waals surface area contributed by atoms with Crippen LogP contribution >= 0.6 is 0 Å². The van der Waals surface area contributed by atoms with Gasteiger partial charge in [0.2, 0.25) is 0 Å². The van der Waals surface area contributed by atoms with Crippen LogP contribution in [0.25, 0.3) is 0 Å². The molecule has 0 aromatic rings. The zero-order chi connectivity index (χ0) is 17.7. The highest BCUT2D eigenvalue weighted by atomic mass is 16.1. The third-order valence-electron chi connectivity index (χ3n) is 3.44. The van der Waals surface area contributed by atoms with Crippen LogP contribution in [0.3, 0.4) is 0 Å². The Bertz CT molecular complexity index is 458. The summed E-state index contributed by atoms with van der Waals surface area (Å²) in [6.07, 6.45) is 34.1. The van der Waals surface area contributed by atoms with E-state index in [0.29, 0.717) is 0 Å². The molecule has 24 heavy (non-hydrogen) atoms. The maximum absolute atomic E-state index is 10.7. The van der Waals surface area contributed by atoms with Crippen molar-refractivity contribution in [1.29, 1.82) is 0 Å². The zero-order valence-corrected chi connectivity index (χ0v) is 15.5. The van der Waals surface area contributed by atoms with Crippen molar-refractivity contribution in [2.75, 3.05) is 0 Å².